The second-order valence-electron chi connectivity index (χ2n) is 9.78. The van der Waals surface area contributed by atoms with Crippen molar-refractivity contribution in [2.45, 2.75) is 70.8 Å². The summed E-state index contributed by atoms with van der Waals surface area (Å²) in [5, 5.41) is 9.23. The predicted molar refractivity (Wildman–Crippen MR) is 167 cm³/mol. The number of rotatable bonds is 18. The highest BCUT2D eigenvalue weighted by Gasteiger charge is 2.50. The number of hydrogen-bond donors (Lipinski definition) is 0. The van der Waals surface area contributed by atoms with E-state index in [9.17, 15) is 4.79 Å². The molecule has 220 valence electrons. The van der Waals surface area contributed by atoms with Crippen LogP contribution in [0.15, 0.2) is 78.6 Å². The molecule has 0 spiro atoms. The van der Waals surface area contributed by atoms with Crippen LogP contribution in [-0.4, -0.2) is 61.1 Å². The average molecular weight is 551 g/mol. The third kappa shape index (κ3) is 11.1. The van der Waals surface area contributed by atoms with Gasteiger partial charge in [-0.2, -0.15) is 0 Å². The first-order valence-corrected chi connectivity index (χ1v) is 14.2. The van der Waals surface area contributed by atoms with Gasteiger partial charge in [0.15, 0.2) is 6.29 Å². The van der Waals surface area contributed by atoms with Gasteiger partial charge in [0.05, 0.1) is 23.7 Å². The topological polar surface area (TPSA) is 69.5 Å². The van der Waals surface area contributed by atoms with Gasteiger partial charge in [0.25, 0.3) is 0 Å². The Labute approximate surface area is 242 Å². The lowest BCUT2D eigenvalue weighted by Gasteiger charge is -2.24. The third-order valence-corrected chi connectivity index (χ3v) is 6.60. The van der Waals surface area contributed by atoms with Gasteiger partial charge >= 0.3 is 0 Å². The van der Waals surface area contributed by atoms with Crippen molar-refractivity contribution in [3.8, 4) is 0 Å². The maximum Gasteiger partial charge on any atom is 0.226 e. The highest BCUT2D eigenvalue weighted by Crippen LogP contribution is 2.53. The van der Waals surface area contributed by atoms with Gasteiger partial charge < -0.3 is 14.4 Å². The first-order chi connectivity index (χ1) is 19.4. The SMILES string of the molecule is C=CC/C=C\C(=C=CCOC(C)CCN(CC)c1nnc(C2(/C(C=C)=C/C=C\CCC)CC2)n1C)C=O.COC. The fourth-order valence-corrected chi connectivity index (χ4v) is 4.24. The molecule has 0 aliphatic heterocycles. The molecular formula is C33H50N4O3. The molecule has 1 saturated carbocycles. The molecule has 1 aromatic rings. The normalized spacial score (nSPS) is 14.7. The Morgan fingerprint density at radius 3 is 2.52 bits per heavy atom. The van der Waals surface area contributed by atoms with Gasteiger partial charge in [-0.3, -0.25) is 9.36 Å². The number of anilines is 1. The minimum atomic E-state index is -0.0881. The maximum atomic E-state index is 11.1. The molecular weight excluding hydrogens is 500 g/mol. The molecule has 0 N–H and O–H groups in total. The molecule has 1 fully saturated rings. The van der Waals surface area contributed by atoms with Crippen molar-refractivity contribution in [1.82, 2.24) is 14.8 Å². The third-order valence-electron chi connectivity index (χ3n) is 6.60. The predicted octanol–water partition coefficient (Wildman–Crippen LogP) is 6.61. The summed E-state index contributed by atoms with van der Waals surface area (Å²) in [4.78, 5) is 13.4. The van der Waals surface area contributed by atoms with Crippen molar-refractivity contribution >= 4 is 12.2 Å². The van der Waals surface area contributed by atoms with E-state index in [0.29, 0.717) is 12.2 Å². The summed E-state index contributed by atoms with van der Waals surface area (Å²) in [5.74, 6) is 1.89. The molecule has 0 saturated heterocycles. The van der Waals surface area contributed by atoms with Crippen LogP contribution in [0.3, 0.4) is 0 Å². The van der Waals surface area contributed by atoms with Crippen LogP contribution in [0.5, 0.6) is 0 Å². The highest BCUT2D eigenvalue weighted by molar-refractivity contribution is 5.77. The Morgan fingerprint density at radius 1 is 1.23 bits per heavy atom. The van der Waals surface area contributed by atoms with Crippen molar-refractivity contribution in [1.29, 1.82) is 0 Å². The molecule has 0 radical (unpaired) electrons. The van der Waals surface area contributed by atoms with Gasteiger partial charge in [0, 0.05) is 34.4 Å². The molecule has 2 rings (SSSR count). The monoisotopic (exact) mass is 550 g/mol. The van der Waals surface area contributed by atoms with Crippen LogP contribution in [0.2, 0.25) is 0 Å². The van der Waals surface area contributed by atoms with E-state index in [2.05, 4.69) is 89.3 Å². The summed E-state index contributed by atoms with van der Waals surface area (Å²) in [5.41, 5.74) is 4.60. The highest BCUT2D eigenvalue weighted by atomic mass is 16.5. The van der Waals surface area contributed by atoms with Gasteiger partial charge in [-0.05, 0) is 63.7 Å². The molecule has 1 aliphatic rings. The molecule has 7 nitrogen and oxygen atoms in total. The number of carbonyl (C=O) groups excluding carboxylic acids is 1. The second kappa shape index (κ2) is 19.8. The summed E-state index contributed by atoms with van der Waals surface area (Å²) >= 11 is 0. The first kappa shape index (κ1) is 34.8. The number of ether oxygens (including phenoxy) is 2. The molecule has 1 heterocycles. The van der Waals surface area contributed by atoms with Crippen molar-refractivity contribution in [3.05, 3.63) is 84.5 Å². The summed E-state index contributed by atoms with van der Waals surface area (Å²) in [6.07, 6.45) is 22.4. The Kier molecular flexibility index (Phi) is 17.2. The molecule has 1 aromatic heterocycles. The van der Waals surface area contributed by atoms with Gasteiger partial charge in [-0.25, -0.2) is 0 Å². The smallest absolute Gasteiger partial charge is 0.226 e. The number of unbranched alkanes of at least 4 members (excludes halogenated alkanes) is 1. The zero-order valence-electron chi connectivity index (χ0n) is 25.6. The summed E-state index contributed by atoms with van der Waals surface area (Å²) in [6, 6.07) is 0. The van der Waals surface area contributed by atoms with E-state index < -0.39 is 0 Å². The van der Waals surface area contributed by atoms with Crippen molar-refractivity contribution < 1.29 is 14.3 Å². The van der Waals surface area contributed by atoms with Gasteiger partial charge in [0.2, 0.25) is 5.95 Å². The van der Waals surface area contributed by atoms with Crippen LogP contribution in [-0.2, 0) is 26.7 Å². The molecule has 7 heteroatoms. The van der Waals surface area contributed by atoms with Crippen molar-refractivity contribution in [2.24, 2.45) is 7.05 Å². The molecule has 1 unspecified atom stereocenters. The largest absolute Gasteiger partial charge is 0.388 e. The zero-order valence-corrected chi connectivity index (χ0v) is 25.6. The van der Waals surface area contributed by atoms with E-state index in [4.69, 9.17) is 4.74 Å². The van der Waals surface area contributed by atoms with E-state index in [-0.39, 0.29) is 11.5 Å². The molecule has 0 bridgehead atoms. The van der Waals surface area contributed by atoms with Gasteiger partial charge in [-0.1, -0.05) is 56.4 Å². The van der Waals surface area contributed by atoms with E-state index in [1.54, 1.807) is 32.4 Å². The van der Waals surface area contributed by atoms with Crippen molar-refractivity contribution in [3.63, 3.8) is 0 Å². The Hall–Kier alpha value is -3.25. The number of nitrogens with zero attached hydrogens (tertiary/aromatic N) is 4. The number of aldehydes is 1. The Bertz CT molecular complexity index is 1070. The second-order valence-corrected chi connectivity index (χ2v) is 9.78. The lowest BCUT2D eigenvalue weighted by Crippen LogP contribution is -2.30. The first-order valence-electron chi connectivity index (χ1n) is 14.2. The number of aromatic nitrogens is 3. The summed E-state index contributed by atoms with van der Waals surface area (Å²) < 4.78 is 12.3. The van der Waals surface area contributed by atoms with Crippen LogP contribution in [0, 0.1) is 0 Å². The number of hydrogen-bond acceptors (Lipinski definition) is 6. The molecule has 0 aromatic carbocycles. The van der Waals surface area contributed by atoms with Gasteiger partial charge in [-0.15, -0.1) is 22.5 Å². The molecule has 0 amide bonds. The number of carbonyl (C=O) groups is 1. The van der Waals surface area contributed by atoms with Crippen LogP contribution in [0.25, 0.3) is 0 Å². The minimum Gasteiger partial charge on any atom is -0.388 e. The quantitative estimate of drug-likeness (QED) is 0.0673. The van der Waals surface area contributed by atoms with Crippen LogP contribution in [0.1, 0.15) is 65.1 Å². The fraction of sp³-hybridized carbons (Fsp3) is 0.515. The van der Waals surface area contributed by atoms with Crippen LogP contribution >= 0.6 is 0 Å². The lowest BCUT2D eigenvalue weighted by molar-refractivity contribution is -0.104. The lowest BCUT2D eigenvalue weighted by atomic mass is 9.94. The molecule has 40 heavy (non-hydrogen) atoms. The molecule has 1 atom stereocenters. The Morgan fingerprint density at radius 2 is 1.95 bits per heavy atom. The average Bonchev–Trinajstić information content (AvgIpc) is 3.66. The zero-order chi connectivity index (χ0) is 29.8. The van der Waals surface area contributed by atoms with E-state index in [0.717, 1.165) is 69.7 Å². The molecule has 1 aliphatic carbocycles. The van der Waals surface area contributed by atoms with E-state index >= 15 is 0 Å². The summed E-state index contributed by atoms with van der Waals surface area (Å²) in [7, 11) is 5.31. The number of allylic oxidation sites excluding steroid dienone is 8. The standard InChI is InChI=1S/C31H44N4O2.C2H6O/c1-7-11-13-15-19-28(9-3)31(21-22-31)29-32-33-30(34(29)6)35(10-4)23-20-26(5)37-24-16-18-27(25-36)17-14-12-8-2;1-3-2/h8-9,13-17,19,25-26H,2-3,7,10-12,20-24H2,1,4-6H3;1-2H3/b15-13-,17-14-,28-19+;. The Balaban J connectivity index is 0.00000254. The summed E-state index contributed by atoms with van der Waals surface area (Å²) in [6.45, 7) is 16.2. The van der Waals surface area contributed by atoms with E-state index in [1.165, 1.54) is 5.57 Å². The van der Waals surface area contributed by atoms with E-state index in [1.807, 2.05) is 12.2 Å². The van der Waals surface area contributed by atoms with Gasteiger partial charge in [0.1, 0.15) is 5.82 Å². The minimum absolute atomic E-state index is 0.0516. The maximum absolute atomic E-state index is 11.1. The number of methoxy groups -OCH3 is 1. The van der Waals surface area contributed by atoms with Crippen LogP contribution in [0.4, 0.5) is 5.95 Å². The fourth-order valence-electron chi connectivity index (χ4n) is 4.24. The van der Waals surface area contributed by atoms with Crippen molar-refractivity contribution in [2.75, 3.05) is 38.8 Å². The van der Waals surface area contributed by atoms with Crippen LogP contribution < -0.4 is 4.90 Å².